The number of imidazole rings is 1. The number of hydrogen-bond donors (Lipinski definition) is 0. The zero-order valence-corrected chi connectivity index (χ0v) is 7.37. The Balaban J connectivity index is 0.000000292. The van der Waals surface area contributed by atoms with E-state index < -0.39 is 7.25 Å². The fourth-order valence-corrected chi connectivity index (χ4v) is 0.585. The van der Waals surface area contributed by atoms with E-state index in [0.29, 0.717) is 0 Å². The molecule has 1 rings (SSSR count). The number of aromatic nitrogens is 2. The Morgan fingerprint density at radius 2 is 1.93 bits per heavy atom. The summed E-state index contributed by atoms with van der Waals surface area (Å²) in [5.74, 6) is 2.59. The van der Waals surface area contributed by atoms with Gasteiger partial charge < -0.3 is 21.8 Å². The molecule has 0 spiro atoms. The SMILES string of the molecule is C#CC(C)n1ccnc1.F[B-](F)(F)F. The average Bonchev–Trinajstić information content (AvgIpc) is 2.51. The fourth-order valence-electron chi connectivity index (χ4n) is 0.585. The van der Waals surface area contributed by atoms with Gasteiger partial charge in [0.05, 0.1) is 12.4 Å². The molecule has 0 saturated heterocycles. The molecule has 1 unspecified atom stereocenters. The molecule has 1 aromatic heterocycles. The molecule has 0 radical (unpaired) electrons. The zero-order valence-electron chi connectivity index (χ0n) is 7.37. The van der Waals surface area contributed by atoms with E-state index in [9.17, 15) is 17.3 Å². The van der Waals surface area contributed by atoms with E-state index in [0.717, 1.165) is 0 Å². The summed E-state index contributed by atoms with van der Waals surface area (Å²) in [6, 6.07) is 0.118. The van der Waals surface area contributed by atoms with Gasteiger partial charge in [0.1, 0.15) is 0 Å². The lowest BCUT2D eigenvalue weighted by atomic mass is 10.3. The first-order chi connectivity index (χ1) is 6.34. The standard InChI is InChI=1S/C7H8N2.BF4/c1-3-7(2)9-5-4-8-6-9;2-1(3,4)5/h1,4-7H,2H3;/q;-1. The summed E-state index contributed by atoms with van der Waals surface area (Å²) in [4.78, 5) is 3.86. The van der Waals surface area contributed by atoms with Crippen molar-refractivity contribution in [2.75, 3.05) is 0 Å². The first-order valence-electron chi connectivity index (χ1n) is 3.65. The summed E-state index contributed by atoms with van der Waals surface area (Å²) in [5.41, 5.74) is 0. The highest BCUT2D eigenvalue weighted by molar-refractivity contribution is 6.50. The van der Waals surface area contributed by atoms with Crippen LogP contribution in [0.1, 0.15) is 13.0 Å². The maximum Gasteiger partial charge on any atom is 0.673 e. The maximum atomic E-state index is 9.75. The van der Waals surface area contributed by atoms with Gasteiger partial charge in [0.2, 0.25) is 0 Å². The van der Waals surface area contributed by atoms with Crippen LogP contribution in [0.5, 0.6) is 0 Å². The Hall–Kier alpha value is -1.45. The van der Waals surface area contributed by atoms with Crippen LogP contribution in [-0.4, -0.2) is 16.8 Å². The molecule has 0 amide bonds. The van der Waals surface area contributed by atoms with Crippen LogP contribution in [0, 0.1) is 12.3 Å². The van der Waals surface area contributed by atoms with Crippen LogP contribution in [0.25, 0.3) is 0 Å². The molecular formula is C7H8BF4N2-. The summed E-state index contributed by atoms with van der Waals surface area (Å²) >= 11 is 0. The van der Waals surface area contributed by atoms with E-state index in [1.807, 2.05) is 17.7 Å². The van der Waals surface area contributed by atoms with Gasteiger partial charge in [-0.1, -0.05) is 5.92 Å². The molecule has 1 aromatic rings. The van der Waals surface area contributed by atoms with E-state index in [1.165, 1.54) is 0 Å². The summed E-state index contributed by atoms with van der Waals surface area (Å²) in [6.07, 6.45) is 10.4. The molecular weight excluding hydrogens is 199 g/mol. The van der Waals surface area contributed by atoms with Gasteiger partial charge in [-0.3, -0.25) is 0 Å². The monoisotopic (exact) mass is 207 g/mol. The van der Waals surface area contributed by atoms with Gasteiger partial charge in [0.15, 0.2) is 0 Å². The molecule has 0 N–H and O–H groups in total. The smallest absolute Gasteiger partial charge is 0.418 e. The third-order valence-corrected chi connectivity index (χ3v) is 1.21. The molecule has 1 heterocycles. The quantitative estimate of drug-likeness (QED) is 0.392. The van der Waals surface area contributed by atoms with Crippen molar-refractivity contribution >= 4 is 7.25 Å². The highest BCUT2D eigenvalue weighted by Crippen LogP contribution is 2.06. The van der Waals surface area contributed by atoms with Crippen molar-refractivity contribution in [2.45, 2.75) is 13.0 Å². The van der Waals surface area contributed by atoms with Crippen molar-refractivity contribution in [3.05, 3.63) is 18.7 Å². The first-order valence-corrected chi connectivity index (χ1v) is 3.65. The summed E-state index contributed by atoms with van der Waals surface area (Å²) in [7, 11) is -6.00. The molecule has 14 heavy (non-hydrogen) atoms. The number of hydrogen-bond acceptors (Lipinski definition) is 1. The second kappa shape index (κ2) is 5.32. The number of halogens is 4. The second-order valence-corrected chi connectivity index (χ2v) is 2.35. The average molecular weight is 207 g/mol. The molecule has 0 aromatic carbocycles. The van der Waals surface area contributed by atoms with Crippen LogP contribution in [0.4, 0.5) is 17.3 Å². The summed E-state index contributed by atoms with van der Waals surface area (Å²) in [6.45, 7) is 1.95. The van der Waals surface area contributed by atoms with Gasteiger partial charge in [-0.05, 0) is 6.92 Å². The van der Waals surface area contributed by atoms with Crippen LogP contribution < -0.4 is 0 Å². The van der Waals surface area contributed by atoms with Crippen molar-refractivity contribution in [3.63, 3.8) is 0 Å². The molecule has 0 bridgehead atoms. The van der Waals surface area contributed by atoms with Crippen LogP contribution in [-0.2, 0) is 0 Å². The predicted molar refractivity (Wildman–Crippen MR) is 46.0 cm³/mol. The zero-order chi connectivity index (χ0) is 11.2. The van der Waals surface area contributed by atoms with Crippen molar-refractivity contribution in [1.29, 1.82) is 0 Å². The minimum absolute atomic E-state index is 0.118. The molecule has 0 aliphatic rings. The fraction of sp³-hybridized carbons (Fsp3) is 0.286. The van der Waals surface area contributed by atoms with Crippen molar-refractivity contribution in [1.82, 2.24) is 9.55 Å². The minimum Gasteiger partial charge on any atom is -0.418 e. The highest BCUT2D eigenvalue weighted by atomic mass is 19.5. The second-order valence-electron chi connectivity index (χ2n) is 2.35. The molecule has 0 aliphatic carbocycles. The van der Waals surface area contributed by atoms with Crippen LogP contribution in [0.3, 0.4) is 0 Å². The molecule has 0 aliphatic heterocycles. The van der Waals surface area contributed by atoms with Gasteiger partial charge >= 0.3 is 7.25 Å². The van der Waals surface area contributed by atoms with Gasteiger partial charge in [0, 0.05) is 12.4 Å². The Morgan fingerprint density at radius 3 is 2.21 bits per heavy atom. The molecule has 1 atom stereocenters. The molecule has 0 fully saturated rings. The van der Waals surface area contributed by atoms with Crippen LogP contribution in [0.2, 0.25) is 0 Å². The van der Waals surface area contributed by atoms with Crippen LogP contribution in [0.15, 0.2) is 18.7 Å². The third kappa shape index (κ3) is 7.22. The number of nitrogens with zero attached hydrogens (tertiary/aromatic N) is 2. The lowest BCUT2D eigenvalue weighted by molar-refractivity contribution is 0.368. The first kappa shape index (κ1) is 12.6. The van der Waals surface area contributed by atoms with Crippen molar-refractivity contribution in [2.24, 2.45) is 0 Å². The van der Waals surface area contributed by atoms with E-state index in [-0.39, 0.29) is 6.04 Å². The van der Waals surface area contributed by atoms with Gasteiger partial charge in [-0.25, -0.2) is 4.98 Å². The van der Waals surface area contributed by atoms with E-state index in [4.69, 9.17) is 6.42 Å². The summed E-state index contributed by atoms with van der Waals surface area (Å²) in [5, 5.41) is 0. The number of rotatable bonds is 1. The molecule has 2 nitrogen and oxygen atoms in total. The Labute approximate surface area is 79.1 Å². The van der Waals surface area contributed by atoms with Crippen molar-refractivity contribution < 1.29 is 17.3 Å². The molecule has 7 heteroatoms. The maximum absolute atomic E-state index is 9.75. The van der Waals surface area contributed by atoms with Gasteiger partial charge in [-0.2, -0.15) is 0 Å². The largest absolute Gasteiger partial charge is 0.673 e. The number of terminal acetylenes is 1. The Kier molecular flexibility index (Phi) is 4.77. The van der Waals surface area contributed by atoms with Crippen LogP contribution >= 0.6 is 0 Å². The normalized spacial score (nSPS) is 12.3. The molecule has 0 saturated carbocycles. The predicted octanol–water partition coefficient (Wildman–Crippen LogP) is 2.38. The Bertz CT molecular complexity index is 282. The van der Waals surface area contributed by atoms with Gasteiger partial charge in [0.25, 0.3) is 0 Å². The lowest BCUT2D eigenvalue weighted by Gasteiger charge is -2.02. The van der Waals surface area contributed by atoms with E-state index in [2.05, 4.69) is 10.9 Å². The highest BCUT2D eigenvalue weighted by Gasteiger charge is 2.20. The topological polar surface area (TPSA) is 17.8 Å². The van der Waals surface area contributed by atoms with Crippen molar-refractivity contribution in [3.8, 4) is 12.3 Å². The third-order valence-electron chi connectivity index (χ3n) is 1.21. The minimum atomic E-state index is -6.00. The summed E-state index contributed by atoms with van der Waals surface area (Å²) < 4.78 is 40.9. The van der Waals surface area contributed by atoms with E-state index in [1.54, 1.807) is 12.5 Å². The lowest BCUT2D eigenvalue weighted by Crippen LogP contribution is -2.02. The molecule has 78 valence electrons. The Morgan fingerprint density at radius 1 is 1.43 bits per heavy atom. The van der Waals surface area contributed by atoms with Gasteiger partial charge in [-0.15, -0.1) is 6.42 Å². The van der Waals surface area contributed by atoms with E-state index >= 15 is 0 Å².